The van der Waals surface area contributed by atoms with Gasteiger partial charge in [0, 0.05) is 55.8 Å². The fourth-order valence-corrected chi connectivity index (χ4v) is 10.00. The van der Waals surface area contributed by atoms with Crippen LogP contribution in [0.5, 0.6) is 6.01 Å². The molecule has 3 unspecified atom stereocenters. The van der Waals surface area contributed by atoms with Crippen LogP contribution < -0.4 is 9.64 Å². The number of pyridine rings is 1. The van der Waals surface area contributed by atoms with Crippen LogP contribution in [0.15, 0.2) is 48.7 Å². The summed E-state index contributed by atoms with van der Waals surface area (Å²) in [6.07, 6.45) is 9.15. The summed E-state index contributed by atoms with van der Waals surface area (Å²) in [5.74, 6) is -1.50. The smallest absolute Gasteiger partial charge is 0.410 e. The maximum atomic E-state index is 17.3. The van der Waals surface area contributed by atoms with Crippen LogP contribution in [-0.2, 0) is 9.47 Å². The molecule has 0 radical (unpaired) electrons. The highest BCUT2D eigenvalue weighted by Crippen LogP contribution is 2.45. The number of aromatic nitrogens is 3. The molecule has 4 aromatic rings. The number of hydrogen-bond donors (Lipinski definition) is 0. The first kappa shape index (κ1) is 40.7. The number of hydrogen-bond acceptors (Lipinski definition) is 10. The van der Waals surface area contributed by atoms with E-state index >= 15 is 8.78 Å². The molecular formula is C45H47F4N7O5. The van der Waals surface area contributed by atoms with Crippen LogP contribution in [0.3, 0.4) is 0 Å². The van der Waals surface area contributed by atoms with Gasteiger partial charge in [0.2, 0.25) is 0 Å². The van der Waals surface area contributed by atoms with E-state index in [1.807, 2.05) is 25.7 Å². The first-order valence-corrected chi connectivity index (χ1v) is 20.7. The molecule has 5 fully saturated rings. The van der Waals surface area contributed by atoms with E-state index in [2.05, 4.69) is 27.4 Å². The summed E-state index contributed by atoms with van der Waals surface area (Å²) in [6, 6.07) is 7.34. The topological polar surface area (TPSA) is 113 Å². The van der Waals surface area contributed by atoms with Crippen LogP contribution in [0.2, 0.25) is 0 Å². The van der Waals surface area contributed by atoms with Crippen molar-refractivity contribution < 1.29 is 41.4 Å². The molecule has 61 heavy (non-hydrogen) atoms. The van der Waals surface area contributed by atoms with Crippen molar-refractivity contribution >= 4 is 39.7 Å². The first-order valence-electron chi connectivity index (χ1n) is 20.7. The van der Waals surface area contributed by atoms with Gasteiger partial charge in [-0.15, -0.1) is 6.42 Å². The summed E-state index contributed by atoms with van der Waals surface area (Å²) in [5.41, 5.74) is -0.123. The average molecular weight is 842 g/mol. The van der Waals surface area contributed by atoms with Crippen molar-refractivity contribution in [1.29, 1.82) is 0 Å². The lowest BCUT2D eigenvalue weighted by atomic mass is 9.94. The number of alkyl halides is 2. The number of likely N-dealkylation sites (tertiary alicyclic amines) is 1. The second-order valence-corrected chi connectivity index (χ2v) is 18.0. The van der Waals surface area contributed by atoms with Crippen LogP contribution in [0.1, 0.15) is 64.9 Å². The van der Waals surface area contributed by atoms with Crippen LogP contribution in [-0.4, -0.2) is 123 Å². The Balaban J connectivity index is 1.05. The lowest BCUT2D eigenvalue weighted by molar-refractivity contribution is 0.00763. The summed E-state index contributed by atoms with van der Waals surface area (Å²) in [4.78, 5) is 47.3. The van der Waals surface area contributed by atoms with E-state index in [0.29, 0.717) is 66.4 Å². The molecule has 5 saturated heterocycles. The minimum atomic E-state index is -2.92. The third-order valence-electron chi connectivity index (χ3n) is 12.7. The van der Waals surface area contributed by atoms with E-state index in [1.165, 1.54) is 12.3 Å². The summed E-state index contributed by atoms with van der Waals surface area (Å²) < 4.78 is 77.7. The number of terminal acetylenes is 1. The van der Waals surface area contributed by atoms with Crippen molar-refractivity contribution in [2.45, 2.75) is 94.5 Å². The van der Waals surface area contributed by atoms with Gasteiger partial charge in [-0.3, -0.25) is 14.8 Å². The molecule has 7 heterocycles. The number of fused-ring (bicyclic) bond motifs is 5. The Morgan fingerprint density at radius 1 is 1.03 bits per heavy atom. The fourth-order valence-electron chi connectivity index (χ4n) is 10.00. The van der Waals surface area contributed by atoms with Crippen LogP contribution in [0.4, 0.5) is 33.0 Å². The Morgan fingerprint density at radius 2 is 1.80 bits per heavy atom. The van der Waals surface area contributed by atoms with Gasteiger partial charge in [0.15, 0.2) is 5.82 Å². The molecule has 2 aromatic carbocycles. The number of benzene rings is 2. The largest absolute Gasteiger partial charge is 0.461 e. The molecule has 2 aromatic heterocycles. The Kier molecular flexibility index (Phi) is 10.0. The van der Waals surface area contributed by atoms with Crippen molar-refractivity contribution in [2.24, 2.45) is 0 Å². The van der Waals surface area contributed by atoms with Crippen molar-refractivity contribution in [1.82, 2.24) is 29.7 Å². The quantitative estimate of drug-likeness (QED) is 0.104. The number of nitrogens with zero attached hydrogens (tertiary/aromatic N) is 7. The van der Waals surface area contributed by atoms with Crippen LogP contribution in [0.25, 0.3) is 32.9 Å². The number of carbonyl (C=O) groups is 2. The van der Waals surface area contributed by atoms with Crippen molar-refractivity contribution in [3.05, 3.63) is 65.9 Å². The fraction of sp³-hybridized carbons (Fsp3) is 0.489. The number of ether oxygens (including phenoxy) is 3. The monoisotopic (exact) mass is 841 g/mol. The summed E-state index contributed by atoms with van der Waals surface area (Å²) >= 11 is 0. The molecule has 0 aliphatic carbocycles. The summed E-state index contributed by atoms with van der Waals surface area (Å²) in [7, 11) is 0. The Bertz CT molecular complexity index is 2490. The first-order chi connectivity index (χ1) is 29.0. The molecule has 2 bridgehead atoms. The lowest BCUT2D eigenvalue weighted by Gasteiger charge is -2.42. The predicted molar refractivity (Wildman–Crippen MR) is 219 cm³/mol. The molecule has 0 N–H and O–H groups in total. The van der Waals surface area contributed by atoms with E-state index in [9.17, 15) is 18.4 Å². The molecule has 12 nitrogen and oxygen atoms in total. The number of piperazine rings is 1. The minimum Gasteiger partial charge on any atom is -0.461 e. The Morgan fingerprint density at radius 3 is 2.51 bits per heavy atom. The van der Waals surface area contributed by atoms with E-state index in [1.54, 1.807) is 29.2 Å². The zero-order valence-corrected chi connectivity index (χ0v) is 34.4. The summed E-state index contributed by atoms with van der Waals surface area (Å²) in [6.45, 7) is 10.5. The number of amides is 2. The predicted octanol–water partition coefficient (Wildman–Crippen LogP) is 7.71. The van der Waals surface area contributed by atoms with Gasteiger partial charge >= 0.3 is 18.2 Å². The number of rotatable bonds is 7. The highest BCUT2D eigenvalue weighted by atomic mass is 19.3. The molecular weight excluding hydrogens is 795 g/mol. The molecule has 2 amide bonds. The van der Waals surface area contributed by atoms with Crippen LogP contribution in [0, 0.1) is 24.0 Å². The Hall–Kier alpha value is -5.69. The molecule has 9 rings (SSSR count). The standard InChI is InChI=1S/C45H47F4N7O5/c1-6-31-34(46)13-10-27-8-7-9-32(35(27)31)37-36(47)38-33(19-50-37)39(54-21-28-11-12-29(22-54)56(28)42(58)61-43(3,4)5)52-40(51-38)60-25-44-15-14-30(55(44)20-26(2)18-44)23-59-41(57)53-17-16-45(48,49)24-53/h1,7-10,13,19,28-30H,2,11-12,14-18,20-25H2,3-5H3/t28?,29?,30-,44?/m0/s1. The SMILES string of the molecule is C#Cc1c(F)ccc2cccc(-c3ncc4c(N5CC6CCC(C5)N6C(=O)OC(C)(C)C)nc(OCC56CC[C@@H](COC(=O)N7CCC(F)(F)C7)N5CC(=C)C6)nc4c3F)c12. The van der Waals surface area contributed by atoms with Crippen molar-refractivity contribution in [3.8, 4) is 29.6 Å². The lowest BCUT2D eigenvalue weighted by Crippen LogP contribution is -2.57. The highest BCUT2D eigenvalue weighted by Gasteiger charge is 2.52. The third kappa shape index (κ3) is 7.44. The van der Waals surface area contributed by atoms with Gasteiger partial charge in [-0.05, 0) is 64.3 Å². The third-order valence-corrected chi connectivity index (χ3v) is 12.7. The average Bonchev–Trinajstić information content (AvgIpc) is 3.93. The second kappa shape index (κ2) is 15.0. The molecule has 4 atom stereocenters. The van der Waals surface area contributed by atoms with E-state index in [4.69, 9.17) is 25.6 Å². The number of halogens is 4. The van der Waals surface area contributed by atoms with E-state index < -0.39 is 47.8 Å². The molecule has 0 saturated carbocycles. The second-order valence-electron chi connectivity index (χ2n) is 18.0. The molecule has 320 valence electrons. The van der Waals surface area contributed by atoms with Gasteiger partial charge in [-0.2, -0.15) is 9.97 Å². The maximum Gasteiger partial charge on any atom is 0.410 e. The normalized spacial score (nSPS) is 24.7. The molecule has 16 heteroatoms. The molecule has 5 aliphatic rings. The molecule has 5 aliphatic heterocycles. The van der Waals surface area contributed by atoms with Crippen molar-refractivity contribution in [2.75, 3.05) is 50.8 Å². The van der Waals surface area contributed by atoms with Gasteiger partial charge in [-0.1, -0.05) is 42.3 Å². The Labute approximate surface area is 350 Å². The minimum absolute atomic E-state index is 0.00989. The highest BCUT2D eigenvalue weighted by molar-refractivity contribution is 6.02. The summed E-state index contributed by atoms with van der Waals surface area (Å²) in [5, 5.41) is 1.29. The van der Waals surface area contributed by atoms with Crippen molar-refractivity contribution in [3.63, 3.8) is 0 Å². The van der Waals surface area contributed by atoms with Gasteiger partial charge in [0.25, 0.3) is 5.92 Å². The zero-order valence-electron chi connectivity index (χ0n) is 34.4. The number of carbonyl (C=O) groups excluding carboxylic acids is 2. The zero-order chi connectivity index (χ0) is 43.0. The molecule has 0 spiro atoms. The van der Waals surface area contributed by atoms with Gasteiger partial charge in [0.1, 0.15) is 41.7 Å². The van der Waals surface area contributed by atoms with Gasteiger partial charge in [-0.25, -0.2) is 27.2 Å². The van der Waals surface area contributed by atoms with E-state index in [-0.39, 0.29) is 66.8 Å². The van der Waals surface area contributed by atoms with E-state index in [0.717, 1.165) is 23.3 Å². The maximum absolute atomic E-state index is 17.3. The van der Waals surface area contributed by atoms with Gasteiger partial charge < -0.3 is 24.0 Å². The van der Waals surface area contributed by atoms with Crippen LogP contribution >= 0.6 is 0 Å². The van der Waals surface area contributed by atoms with Gasteiger partial charge in [0.05, 0.1) is 35.1 Å². The number of anilines is 1.